The number of carbonyl (C=O) groups excluding carboxylic acids is 1. The smallest absolute Gasteiger partial charge is 0.251 e. The molecule has 1 aliphatic rings. The predicted molar refractivity (Wildman–Crippen MR) is 91.7 cm³/mol. The van der Waals surface area contributed by atoms with Crippen LogP contribution in [-0.4, -0.2) is 30.4 Å². The summed E-state index contributed by atoms with van der Waals surface area (Å²) in [6.45, 7) is 2.84. The van der Waals surface area contributed by atoms with Crippen molar-refractivity contribution >= 4 is 28.8 Å². The van der Waals surface area contributed by atoms with E-state index in [1.807, 2.05) is 0 Å². The zero-order chi connectivity index (χ0) is 15.4. The standard InChI is InChI=1S/C17H19ClN2OS/c18-15-5-3-4-13(10-15)17(21)19-11-16(14-6-9-22-12-14)20-7-1-2-8-20/h3-6,9-10,12,16H,1-2,7-8,11H2,(H,19,21)/t16-/m1/s1. The maximum absolute atomic E-state index is 12.3. The minimum atomic E-state index is -0.0677. The molecule has 0 aliphatic carbocycles. The molecule has 0 unspecified atom stereocenters. The fourth-order valence-electron chi connectivity index (χ4n) is 2.90. The Balaban J connectivity index is 1.67. The zero-order valence-corrected chi connectivity index (χ0v) is 13.9. The van der Waals surface area contributed by atoms with Gasteiger partial charge < -0.3 is 5.32 Å². The van der Waals surface area contributed by atoms with Crippen molar-refractivity contribution < 1.29 is 4.79 Å². The van der Waals surface area contributed by atoms with Gasteiger partial charge in [-0.05, 0) is 66.5 Å². The topological polar surface area (TPSA) is 32.3 Å². The highest BCUT2D eigenvalue weighted by atomic mass is 35.5. The Morgan fingerprint density at radius 2 is 2.14 bits per heavy atom. The normalized spacial score (nSPS) is 16.6. The third-order valence-corrected chi connectivity index (χ3v) is 4.99. The highest BCUT2D eigenvalue weighted by molar-refractivity contribution is 7.07. The largest absolute Gasteiger partial charge is 0.350 e. The van der Waals surface area contributed by atoms with Crippen molar-refractivity contribution in [3.05, 3.63) is 57.2 Å². The van der Waals surface area contributed by atoms with E-state index < -0.39 is 0 Å². The molecule has 1 aromatic heterocycles. The fourth-order valence-corrected chi connectivity index (χ4v) is 3.79. The SMILES string of the molecule is O=C(NC[C@H](c1ccsc1)N1CCCC1)c1cccc(Cl)c1. The number of hydrogen-bond acceptors (Lipinski definition) is 3. The van der Waals surface area contributed by atoms with Gasteiger partial charge in [-0.25, -0.2) is 0 Å². The number of hydrogen-bond donors (Lipinski definition) is 1. The van der Waals surface area contributed by atoms with Gasteiger partial charge in [-0.15, -0.1) is 0 Å². The van der Waals surface area contributed by atoms with E-state index in [9.17, 15) is 4.79 Å². The maximum atomic E-state index is 12.3. The molecule has 1 saturated heterocycles. The second-order valence-electron chi connectivity index (χ2n) is 5.54. The summed E-state index contributed by atoms with van der Waals surface area (Å²) in [5.41, 5.74) is 1.90. The van der Waals surface area contributed by atoms with Crippen molar-refractivity contribution in [3.8, 4) is 0 Å². The molecule has 5 heteroatoms. The number of benzene rings is 1. The van der Waals surface area contributed by atoms with Crippen LogP contribution < -0.4 is 5.32 Å². The van der Waals surface area contributed by atoms with Crippen LogP contribution in [-0.2, 0) is 0 Å². The van der Waals surface area contributed by atoms with Crippen LogP contribution in [0.15, 0.2) is 41.1 Å². The minimum Gasteiger partial charge on any atom is -0.350 e. The Bertz CT molecular complexity index is 623. The summed E-state index contributed by atoms with van der Waals surface area (Å²) in [4.78, 5) is 14.8. The van der Waals surface area contributed by atoms with Crippen LogP contribution in [0.4, 0.5) is 0 Å². The Hall–Kier alpha value is -1.36. The van der Waals surface area contributed by atoms with Gasteiger partial charge >= 0.3 is 0 Å². The van der Waals surface area contributed by atoms with E-state index in [-0.39, 0.29) is 11.9 Å². The molecule has 2 aromatic rings. The van der Waals surface area contributed by atoms with E-state index in [1.165, 1.54) is 18.4 Å². The molecular formula is C17H19ClN2OS. The molecule has 0 radical (unpaired) electrons. The lowest BCUT2D eigenvalue weighted by atomic mass is 10.1. The fraction of sp³-hybridized carbons (Fsp3) is 0.353. The lowest BCUT2D eigenvalue weighted by Crippen LogP contribution is -2.36. The van der Waals surface area contributed by atoms with Gasteiger partial charge in [0.2, 0.25) is 0 Å². The highest BCUT2D eigenvalue weighted by Crippen LogP contribution is 2.26. The van der Waals surface area contributed by atoms with Crippen molar-refractivity contribution in [1.82, 2.24) is 10.2 Å². The molecule has 1 aliphatic heterocycles. The molecule has 1 atom stereocenters. The van der Waals surface area contributed by atoms with Gasteiger partial charge in [0.15, 0.2) is 0 Å². The van der Waals surface area contributed by atoms with E-state index in [4.69, 9.17) is 11.6 Å². The molecule has 0 bridgehead atoms. The summed E-state index contributed by atoms with van der Waals surface area (Å²) in [6, 6.07) is 9.48. The summed E-state index contributed by atoms with van der Waals surface area (Å²) in [5.74, 6) is -0.0677. The van der Waals surface area contributed by atoms with Crippen LogP contribution in [0.25, 0.3) is 0 Å². The van der Waals surface area contributed by atoms with E-state index in [0.29, 0.717) is 17.1 Å². The number of amides is 1. The van der Waals surface area contributed by atoms with Gasteiger partial charge in [0, 0.05) is 17.1 Å². The number of nitrogens with one attached hydrogen (secondary N) is 1. The lowest BCUT2D eigenvalue weighted by molar-refractivity contribution is 0.0938. The highest BCUT2D eigenvalue weighted by Gasteiger charge is 2.24. The number of halogens is 1. The van der Waals surface area contributed by atoms with Crippen molar-refractivity contribution in [1.29, 1.82) is 0 Å². The number of thiophene rings is 1. The monoisotopic (exact) mass is 334 g/mol. The summed E-state index contributed by atoms with van der Waals surface area (Å²) in [7, 11) is 0. The van der Waals surface area contributed by atoms with Crippen molar-refractivity contribution in [2.75, 3.05) is 19.6 Å². The predicted octanol–water partition coefficient (Wildman–Crippen LogP) is 3.97. The molecule has 3 rings (SSSR count). The Morgan fingerprint density at radius 1 is 1.32 bits per heavy atom. The first-order valence-electron chi connectivity index (χ1n) is 7.54. The number of carbonyl (C=O) groups is 1. The molecule has 1 aromatic carbocycles. The minimum absolute atomic E-state index is 0.0677. The second-order valence-corrected chi connectivity index (χ2v) is 6.75. The third kappa shape index (κ3) is 3.69. The molecule has 22 heavy (non-hydrogen) atoms. The van der Waals surface area contributed by atoms with Crippen LogP contribution >= 0.6 is 22.9 Å². The number of likely N-dealkylation sites (tertiary alicyclic amines) is 1. The molecule has 1 amide bonds. The Kier molecular flexibility index (Phi) is 5.13. The van der Waals surface area contributed by atoms with E-state index >= 15 is 0 Å². The van der Waals surface area contributed by atoms with Crippen LogP contribution in [0.5, 0.6) is 0 Å². The third-order valence-electron chi connectivity index (χ3n) is 4.05. The Morgan fingerprint density at radius 3 is 2.82 bits per heavy atom. The van der Waals surface area contributed by atoms with Gasteiger partial charge in [-0.3, -0.25) is 9.69 Å². The van der Waals surface area contributed by atoms with Crippen LogP contribution in [0, 0.1) is 0 Å². The van der Waals surface area contributed by atoms with E-state index in [0.717, 1.165) is 13.1 Å². The molecule has 116 valence electrons. The molecule has 0 spiro atoms. The first-order chi connectivity index (χ1) is 10.7. The number of rotatable bonds is 5. The van der Waals surface area contributed by atoms with Gasteiger partial charge in [-0.1, -0.05) is 17.7 Å². The van der Waals surface area contributed by atoms with Crippen LogP contribution in [0.1, 0.15) is 34.8 Å². The summed E-state index contributed by atoms with van der Waals surface area (Å²) >= 11 is 7.65. The van der Waals surface area contributed by atoms with E-state index in [2.05, 4.69) is 27.0 Å². The van der Waals surface area contributed by atoms with Crippen molar-refractivity contribution in [2.45, 2.75) is 18.9 Å². The molecule has 3 nitrogen and oxygen atoms in total. The summed E-state index contributed by atoms with van der Waals surface area (Å²) < 4.78 is 0. The lowest BCUT2D eigenvalue weighted by Gasteiger charge is -2.27. The van der Waals surface area contributed by atoms with Gasteiger partial charge in [-0.2, -0.15) is 11.3 Å². The molecule has 1 N–H and O–H groups in total. The first kappa shape index (κ1) is 15.5. The van der Waals surface area contributed by atoms with E-state index in [1.54, 1.807) is 35.6 Å². The van der Waals surface area contributed by atoms with Crippen LogP contribution in [0.3, 0.4) is 0 Å². The van der Waals surface area contributed by atoms with Crippen molar-refractivity contribution in [3.63, 3.8) is 0 Å². The first-order valence-corrected chi connectivity index (χ1v) is 8.86. The van der Waals surface area contributed by atoms with Gasteiger partial charge in [0.05, 0.1) is 6.04 Å². The van der Waals surface area contributed by atoms with Gasteiger partial charge in [0.25, 0.3) is 5.91 Å². The van der Waals surface area contributed by atoms with Gasteiger partial charge in [0.1, 0.15) is 0 Å². The Labute approximate surface area is 139 Å². The average Bonchev–Trinajstić information content (AvgIpc) is 3.21. The maximum Gasteiger partial charge on any atom is 0.251 e. The quantitative estimate of drug-likeness (QED) is 0.897. The zero-order valence-electron chi connectivity index (χ0n) is 12.3. The molecular weight excluding hydrogens is 316 g/mol. The van der Waals surface area contributed by atoms with Crippen LogP contribution in [0.2, 0.25) is 5.02 Å². The second kappa shape index (κ2) is 7.27. The average molecular weight is 335 g/mol. The summed E-state index contributed by atoms with van der Waals surface area (Å²) in [5, 5.41) is 7.91. The molecule has 1 fully saturated rings. The molecule has 0 saturated carbocycles. The van der Waals surface area contributed by atoms with Crippen molar-refractivity contribution in [2.24, 2.45) is 0 Å². The summed E-state index contributed by atoms with van der Waals surface area (Å²) in [6.07, 6.45) is 2.48. The molecule has 2 heterocycles. The number of nitrogens with zero attached hydrogens (tertiary/aromatic N) is 1.